The van der Waals surface area contributed by atoms with Crippen LogP contribution in [0.3, 0.4) is 0 Å². The summed E-state index contributed by atoms with van der Waals surface area (Å²) < 4.78 is 0. The molecule has 2 fully saturated rings. The van der Waals surface area contributed by atoms with Crippen molar-refractivity contribution in [2.75, 3.05) is 18.4 Å². The van der Waals surface area contributed by atoms with Crippen LogP contribution in [0.5, 0.6) is 0 Å². The Balaban J connectivity index is 1.59. The van der Waals surface area contributed by atoms with Crippen LogP contribution < -0.4 is 11.1 Å². The van der Waals surface area contributed by atoms with E-state index in [9.17, 15) is 9.59 Å². The van der Waals surface area contributed by atoms with Gasteiger partial charge in [0.2, 0.25) is 5.91 Å². The van der Waals surface area contributed by atoms with Crippen LogP contribution >= 0.6 is 0 Å². The standard InChI is InChI=1S/C16H22N4O2/c17-15(22)13-6-3-7-18-16(13)19-9-11-8-14(21)20(10-11)12-4-1-2-5-12/h3,6-7,11-12H,1-2,4-5,8-10H2,(H2,17,22)(H,18,19)/t11-/m0/s1. The molecule has 2 heterocycles. The molecule has 1 atom stereocenters. The summed E-state index contributed by atoms with van der Waals surface area (Å²) in [7, 11) is 0. The summed E-state index contributed by atoms with van der Waals surface area (Å²) in [5, 5.41) is 3.18. The minimum absolute atomic E-state index is 0.259. The third kappa shape index (κ3) is 3.05. The maximum atomic E-state index is 12.2. The van der Waals surface area contributed by atoms with Crippen molar-refractivity contribution in [2.24, 2.45) is 11.7 Å². The van der Waals surface area contributed by atoms with E-state index < -0.39 is 5.91 Å². The number of nitrogens with one attached hydrogen (secondary N) is 1. The van der Waals surface area contributed by atoms with E-state index in [0.29, 0.717) is 30.4 Å². The number of hydrogen-bond acceptors (Lipinski definition) is 4. The fourth-order valence-electron chi connectivity index (χ4n) is 3.50. The van der Waals surface area contributed by atoms with Crippen molar-refractivity contribution < 1.29 is 9.59 Å². The lowest BCUT2D eigenvalue weighted by molar-refractivity contribution is -0.129. The summed E-state index contributed by atoms with van der Waals surface area (Å²) in [4.78, 5) is 29.8. The zero-order valence-corrected chi connectivity index (χ0v) is 12.6. The van der Waals surface area contributed by atoms with E-state index in [4.69, 9.17) is 5.73 Å². The Kier molecular flexibility index (Phi) is 4.27. The van der Waals surface area contributed by atoms with Crippen LogP contribution in [0.2, 0.25) is 0 Å². The van der Waals surface area contributed by atoms with Gasteiger partial charge in [-0.3, -0.25) is 9.59 Å². The molecule has 0 unspecified atom stereocenters. The Morgan fingerprint density at radius 3 is 2.91 bits per heavy atom. The fourth-order valence-corrected chi connectivity index (χ4v) is 3.50. The lowest BCUT2D eigenvalue weighted by Gasteiger charge is -2.24. The van der Waals surface area contributed by atoms with Gasteiger partial charge in [-0.15, -0.1) is 0 Å². The van der Waals surface area contributed by atoms with E-state index in [1.165, 1.54) is 12.8 Å². The smallest absolute Gasteiger partial charge is 0.252 e. The monoisotopic (exact) mass is 302 g/mol. The summed E-state index contributed by atoms with van der Waals surface area (Å²) in [6.45, 7) is 1.43. The number of rotatable bonds is 5. The van der Waals surface area contributed by atoms with Crippen molar-refractivity contribution >= 4 is 17.6 Å². The van der Waals surface area contributed by atoms with Crippen molar-refractivity contribution in [1.82, 2.24) is 9.88 Å². The lowest BCUT2D eigenvalue weighted by atomic mass is 10.1. The maximum absolute atomic E-state index is 12.2. The van der Waals surface area contributed by atoms with E-state index >= 15 is 0 Å². The van der Waals surface area contributed by atoms with Gasteiger partial charge in [0.25, 0.3) is 5.91 Å². The van der Waals surface area contributed by atoms with E-state index in [0.717, 1.165) is 19.4 Å². The SMILES string of the molecule is NC(=O)c1cccnc1NC[C@@H]1CC(=O)N(C2CCCC2)C1. The molecule has 6 heteroatoms. The topological polar surface area (TPSA) is 88.3 Å². The molecule has 6 nitrogen and oxygen atoms in total. The quantitative estimate of drug-likeness (QED) is 0.860. The number of anilines is 1. The molecule has 0 spiro atoms. The number of nitrogens with zero attached hydrogens (tertiary/aromatic N) is 2. The van der Waals surface area contributed by atoms with Gasteiger partial charge < -0.3 is 16.0 Å². The molecule has 1 aliphatic carbocycles. The van der Waals surface area contributed by atoms with Crippen LogP contribution in [-0.2, 0) is 4.79 Å². The highest BCUT2D eigenvalue weighted by molar-refractivity contribution is 5.97. The Bertz CT molecular complexity index is 569. The van der Waals surface area contributed by atoms with Gasteiger partial charge in [0.05, 0.1) is 5.56 Å². The van der Waals surface area contributed by atoms with Gasteiger partial charge in [-0.05, 0) is 25.0 Å². The van der Waals surface area contributed by atoms with Crippen molar-refractivity contribution in [1.29, 1.82) is 0 Å². The molecular formula is C16H22N4O2. The fraction of sp³-hybridized carbons (Fsp3) is 0.562. The van der Waals surface area contributed by atoms with Gasteiger partial charge in [0, 0.05) is 37.7 Å². The summed E-state index contributed by atoms with van der Waals surface area (Å²) in [6, 6.07) is 3.78. The zero-order valence-electron chi connectivity index (χ0n) is 12.6. The molecule has 0 bridgehead atoms. The molecule has 3 rings (SSSR count). The lowest BCUT2D eigenvalue weighted by Crippen LogP contribution is -2.35. The number of nitrogens with two attached hydrogens (primary N) is 1. The van der Waals surface area contributed by atoms with Crippen LogP contribution in [0, 0.1) is 5.92 Å². The summed E-state index contributed by atoms with van der Waals surface area (Å²) >= 11 is 0. The van der Waals surface area contributed by atoms with Crippen LogP contribution in [0.25, 0.3) is 0 Å². The van der Waals surface area contributed by atoms with Crippen LogP contribution in [0.15, 0.2) is 18.3 Å². The Labute approximate surface area is 130 Å². The summed E-state index contributed by atoms with van der Waals surface area (Å²) in [5.41, 5.74) is 5.73. The first-order valence-electron chi connectivity index (χ1n) is 7.93. The molecule has 1 saturated heterocycles. The molecule has 1 aliphatic heterocycles. The second-order valence-corrected chi connectivity index (χ2v) is 6.20. The molecule has 22 heavy (non-hydrogen) atoms. The number of hydrogen-bond donors (Lipinski definition) is 2. The number of carbonyl (C=O) groups is 2. The van der Waals surface area contributed by atoms with Gasteiger partial charge in [0.15, 0.2) is 0 Å². The highest BCUT2D eigenvalue weighted by Gasteiger charge is 2.35. The molecule has 118 valence electrons. The molecule has 1 aromatic rings. The van der Waals surface area contributed by atoms with Crippen molar-refractivity contribution in [3.63, 3.8) is 0 Å². The Morgan fingerprint density at radius 1 is 1.41 bits per heavy atom. The normalized spacial score (nSPS) is 22.3. The third-order valence-corrected chi connectivity index (χ3v) is 4.64. The van der Waals surface area contributed by atoms with E-state index in [1.807, 2.05) is 4.90 Å². The number of carbonyl (C=O) groups excluding carboxylic acids is 2. The first kappa shape index (κ1) is 14.8. The maximum Gasteiger partial charge on any atom is 0.252 e. The predicted octanol–water partition coefficient (Wildman–Crippen LogP) is 1.38. The summed E-state index contributed by atoms with van der Waals surface area (Å²) in [6.07, 6.45) is 6.93. The molecule has 0 aromatic carbocycles. The van der Waals surface area contributed by atoms with E-state index in [1.54, 1.807) is 18.3 Å². The average molecular weight is 302 g/mol. The highest BCUT2D eigenvalue weighted by Crippen LogP contribution is 2.29. The number of amides is 2. The molecule has 3 N–H and O–H groups in total. The highest BCUT2D eigenvalue weighted by atomic mass is 16.2. The minimum atomic E-state index is -0.495. The first-order valence-corrected chi connectivity index (χ1v) is 7.93. The summed E-state index contributed by atoms with van der Waals surface area (Å²) in [5.74, 6) is 0.526. The Hall–Kier alpha value is -2.11. The predicted molar refractivity (Wildman–Crippen MR) is 83.3 cm³/mol. The average Bonchev–Trinajstić information content (AvgIpc) is 3.14. The van der Waals surface area contributed by atoms with Crippen molar-refractivity contribution in [2.45, 2.75) is 38.1 Å². The van der Waals surface area contributed by atoms with Crippen molar-refractivity contribution in [3.05, 3.63) is 23.9 Å². The third-order valence-electron chi connectivity index (χ3n) is 4.64. The molecule has 2 amide bonds. The number of likely N-dealkylation sites (tertiary alicyclic amines) is 1. The number of aromatic nitrogens is 1. The molecular weight excluding hydrogens is 280 g/mol. The van der Waals surface area contributed by atoms with Crippen LogP contribution in [-0.4, -0.2) is 40.8 Å². The van der Waals surface area contributed by atoms with E-state index in [2.05, 4.69) is 10.3 Å². The van der Waals surface area contributed by atoms with Crippen molar-refractivity contribution in [3.8, 4) is 0 Å². The van der Waals surface area contributed by atoms with Gasteiger partial charge in [-0.2, -0.15) is 0 Å². The molecule has 1 aromatic heterocycles. The second-order valence-electron chi connectivity index (χ2n) is 6.20. The van der Waals surface area contributed by atoms with Gasteiger partial charge in [0.1, 0.15) is 5.82 Å². The number of primary amides is 1. The number of pyridine rings is 1. The van der Waals surface area contributed by atoms with Gasteiger partial charge >= 0.3 is 0 Å². The second kappa shape index (κ2) is 6.34. The minimum Gasteiger partial charge on any atom is -0.369 e. The molecule has 0 radical (unpaired) electrons. The molecule has 1 saturated carbocycles. The zero-order chi connectivity index (χ0) is 15.5. The molecule has 2 aliphatic rings. The van der Waals surface area contributed by atoms with Gasteiger partial charge in [-0.25, -0.2) is 4.98 Å². The first-order chi connectivity index (χ1) is 10.6. The van der Waals surface area contributed by atoms with Crippen LogP contribution in [0.4, 0.5) is 5.82 Å². The van der Waals surface area contributed by atoms with E-state index in [-0.39, 0.29) is 11.8 Å². The Morgan fingerprint density at radius 2 is 2.18 bits per heavy atom. The van der Waals surface area contributed by atoms with Gasteiger partial charge in [-0.1, -0.05) is 12.8 Å². The van der Waals surface area contributed by atoms with Crippen LogP contribution in [0.1, 0.15) is 42.5 Å². The largest absolute Gasteiger partial charge is 0.369 e.